The summed E-state index contributed by atoms with van der Waals surface area (Å²) < 4.78 is 5.99. The van der Waals surface area contributed by atoms with Crippen LogP contribution in [0, 0.1) is 11.3 Å². The summed E-state index contributed by atoms with van der Waals surface area (Å²) in [6.07, 6.45) is 7.65. The zero-order valence-corrected chi connectivity index (χ0v) is 18.0. The van der Waals surface area contributed by atoms with Crippen LogP contribution in [0.1, 0.15) is 45.4 Å². The molecule has 0 radical (unpaired) electrons. The first kappa shape index (κ1) is 20.7. The number of fused-ring (bicyclic) bond motifs is 2. The van der Waals surface area contributed by atoms with E-state index in [4.69, 9.17) is 4.74 Å². The van der Waals surface area contributed by atoms with E-state index in [1.807, 2.05) is 0 Å². The van der Waals surface area contributed by atoms with E-state index in [1.165, 1.54) is 19.3 Å². The van der Waals surface area contributed by atoms with Crippen molar-refractivity contribution in [1.82, 2.24) is 15.5 Å². The van der Waals surface area contributed by atoms with E-state index in [-0.39, 0.29) is 36.4 Å². The number of carbonyl (C=O) groups is 1. The Bertz CT molecular complexity index is 493. The standard InChI is InChI=1S/C18H32N4O2.HI/c1-4-5-10-19-17(20-12-14(23)22(2)3)21-15-13-7-11-24-16(13)18(15)8-6-9-18;/h13,15-16H,4-12H2,1-3H3,(H2,19,20,21);1H. The highest BCUT2D eigenvalue weighted by Crippen LogP contribution is 2.62. The Kier molecular flexibility index (Phi) is 7.37. The second-order valence-electron chi connectivity index (χ2n) is 7.69. The molecule has 0 aromatic heterocycles. The lowest BCUT2D eigenvalue weighted by Gasteiger charge is -2.63. The number of carbonyl (C=O) groups excluding carboxylic acids is 1. The van der Waals surface area contributed by atoms with Crippen molar-refractivity contribution in [3.63, 3.8) is 0 Å². The summed E-state index contributed by atoms with van der Waals surface area (Å²) in [5.74, 6) is 1.42. The number of hydrogen-bond donors (Lipinski definition) is 2. The van der Waals surface area contributed by atoms with Crippen molar-refractivity contribution in [3.05, 3.63) is 0 Å². The largest absolute Gasteiger partial charge is 0.377 e. The Morgan fingerprint density at radius 3 is 2.72 bits per heavy atom. The Morgan fingerprint density at radius 1 is 1.36 bits per heavy atom. The van der Waals surface area contributed by atoms with Gasteiger partial charge in [-0.3, -0.25) is 4.79 Å². The van der Waals surface area contributed by atoms with Crippen LogP contribution in [0.4, 0.5) is 0 Å². The normalized spacial score (nSPS) is 29.1. The zero-order valence-electron chi connectivity index (χ0n) is 15.7. The lowest BCUT2D eigenvalue weighted by atomic mass is 9.46. The summed E-state index contributed by atoms with van der Waals surface area (Å²) in [5, 5.41) is 7.07. The van der Waals surface area contributed by atoms with Gasteiger partial charge in [-0.2, -0.15) is 0 Å². The summed E-state index contributed by atoms with van der Waals surface area (Å²) in [4.78, 5) is 18.0. The smallest absolute Gasteiger partial charge is 0.243 e. The molecular formula is C18H33IN4O2. The summed E-state index contributed by atoms with van der Waals surface area (Å²) in [5.41, 5.74) is 0.319. The topological polar surface area (TPSA) is 66.0 Å². The van der Waals surface area contributed by atoms with Gasteiger partial charge in [0.05, 0.1) is 6.10 Å². The number of aliphatic imine (C=N–C) groups is 1. The molecule has 1 spiro atoms. The van der Waals surface area contributed by atoms with Crippen molar-refractivity contribution < 1.29 is 9.53 Å². The second kappa shape index (κ2) is 8.88. The predicted octanol–water partition coefficient (Wildman–Crippen LogP) is 1.99. The fourth-order valence-electron chi connectivity index (χ4n) is 4.43. The molecule has 2 aliphatic carbocycles. The maximum Gasteiger partial charge on any atom is 0.243 e. The minimum Gasteiger partial charge on any atom is -0.377 e. The van der Waals surface area contributed by atoms with Crippen LogP contribution in [0.25, 0.3) is 0 Å². The van der Waals surface area contributed by atoms with Gasteiger partial charge in [-0.15, -0.1) is 24.0 Å². The van der Waals surface area contributed by atoms with E-state index >= 15 is 0 Å². The van der Waals surface area contributed by atoms with Crippen LogP contribution in [0.15, 0.2) is 4.99 Å². The maximum absolute atomic E-state index is 11.9. The molecule has 3 atom stereocenters. The first-order valence-electron chi connectivity index (χ1n) is 9.45. The van der Waals surface area contributed by atoms with Crippen LogP contribution in [0.3, 0.4) is 0 Å². The number of hydrogen-bond acceptors (Lipinski definition) is 3. The number of nitrogens with zero attached hydrogens (tertiary/aromatic N) is 2. The molecule has 144 valence electrons. The molecule has 0 aromatic rings. The number of nitrogens with one attached hydrogen (secondary N) is 2. The molecule has 6 nitrogen and oxygen atoms in total. The van der Waals surface area contributed by atoms with Crippen LogP contribution >= 0.6 is 24.0 Å². The van der Waals surface area contributed by atoms with Gasteiger partial charge in [0.1, 0.15) is 6.54 Å². The second-order valence-corrected chi connectivity index (χ2v) is 7.69. The van der Waals surface area contributed by atoms with E-state index < -0.39 is 0 Å². The van der Waals surface area contributed by atoms with Gasteiger partial charge in [0.2, 0.25) is 5.91 Å². The Labute approximate surface area is 168 Å². The molecule has 0 bridgehead atoms. The van der Waals surface area contributed by atoms with Gasteiger partial charge >= 0.3 is 0 Å². The highest BCUT2D eigenvalue weighted by molar-refractivity contribution is 14.0. The number of amides is 1. The minimum absolute atomic E-state index is 0. The van der Waals surface area contributed by atoms with Gasteiger partial charge < -0.3 is 20.3 Å². The van der Waals surface area contributed by atoms with Gasteiger partial charge in [0.25, 0.3) is 0 Å². The molecule has 7 heteroatoms. The highest BCUT2D eigenvalue weighted by Gasteiger charge is 2.66. The molecule has 3 rings (SSSR count). The van der Waals surface area contributed by atoms with E-state index in [2.05, 4.69) is 22.5 Å². The number of halogens is 1. The van der Waals surface area contributed by atoms with Crippen molar-refractivity contribution >= 4 is 35.8 Å². The lowest BCUT2D eigenvalue weighted by molar-refractivity contribution is -0.171. The molecule has 25 heavy (non-hydrogen) atoms. The molecule has 2 saturated carbocycles. The molecular weight excluding hydrogens is 431 g/mol. The molecule has 3 aliphatic rings. The summed E-state index contributed by atoms with van der Waals surface area (Å²) in [7, 11) is 3.54. The van der Waals surface area contributed by atoms with E-state index in [0.29, 0.717) is 23.5 Å². The van der Waals surface area contributed by atoms with Crippen molar-refractivity contribution in [1.29, 1.82) is 0 Å². The SMILES string of the molecule is CCCCNC(=NCC(=O)N(C)C)NC1C2CCOC2C12CCC2.I. The molecule has 3 unspecified atom stereocenters. The highest BCUT2D eigenvalue weighted by atomic mass is 127. The van der Waals surface area contributed by atoms with Gasteiger partial charge in [0, 0.05) is 44.6 Å². The van der Waals surface area contributed by atoms with Crippen LogP contribution in [0.2, 0.25) is 0 Å². The number of ether oxygens (including phenoxy) is 1. The van der Waals surface area contributed by atoms with E-state index in [0.717, 1.165) is 38.4 Å². The summed E-state index contributed by atoms with van der Waals surface area (Å²) in [6.45, 7) is 4.16. The van der Waals surface area contributed by atoms with Crippen molar-refractivity contribution in [2.75, 3.05) is 33.8 Å². The van der Waals surface area contributed by atoms with Crippen LogP contribution in [0.5, 0.6) is 0 Å². The third-order valence-electron chi connectivity index (χ3n) is 6.02. The van der Waals surface area contributed by atoms with E-state index in [9.17, 15) is 4.79 Å². The van der Waals surface area contributed by atoms with Crippen LogP contribution in [-0.4, -0.2) is 62.7 Å². The Morgan fingerprint density at radius 2 is 2.12 bits per heavy atom. The third-order valence-corrected chi connectivity index (χ3v) is 6.02. The van der Waals surface area contributed by atoms with Crippen molar-refractivity contribution in [2.24, 2.45) is 16.3 Å². The van der Waals surface area contributed by atoms with Crippen LogP contribution < -0.4 is 10.6 Å². The average molecular weight is 464 g/mol. The molecule has 0 aromatic carbocycles. The molecule has 3 fully saturated rings. The Balaban J connectivity index is 0.00000225. The number of guanidine groups is 1. The van der Waals surface area contributed by atoms with Gasteiger partial charge in [-0.05, 0) is 25.7 Å². The zero-order chi connectivity index (χ0) is 17.2. The first-order chi connectivity index (χ1) is 11.6. The minimum atomic E-state index is 0. The maximum atomic E-state index is 11.9. The monoisotopic (exact) mass is 464 g/mol. The average Bonchev–Trinajstić information content (AvgIpc) is 2.92. The molecule has 1 saturated heterocycles. The van der Waals surface area contributed by atoms with Crippen molar-refractivity contribution in [3.8, 4) is 0 Å². The summed E-state index contributed by atoms with van der Waals surface area (Å²) in [6, 6.07) is 0.445. The van der Waals surface area contributed by atoms with E-state index in [1.54, 1.807) is 19.0 Å². The van der Waals surface area contributed by atoms with Crippen molar-refractivity contribution in [2.45, 2.75) is 57.6 Å². The molecule has 2 N–H and O–H groups in total. The third kappa shape index (κ3) is 4.07. The number of likely N-dealkylation sites (N-methyl/N-ethyl adjacent to an activating group) is 1. The van der Waals surface area contributed by atoms with Gasteiger partial charge in [-0.25, -0.2) is 4.99 Å². The number of unbranched alkanes of at least 4 members (excludes halogenated alkanes) is 1. The van der Waals surface area contributed by atoms with Gasteiger partial charge in [0.15, 0.2) is 5.96 Å². The molecule has 1 heterocycles. The fourth-order valence-corrected chi connectivity index (χ4v) is 4.43. The molecule has 1 aliphatic heterocycles. The summed E-state index contributed by atoms with van der Waals surface area (Å²) >= 11 is 0. The lowest BCUT2D eigenvalue weighted by Crippen LogP contribution is -2.72. The fraction of sp³-hybridized carbons (Fsp3) is 0.889. The van der Waals surface area contributed by atoms with Crippen LogP contribution in [-0.2, 0) is 9.53 Å². The predicted molar refractivity (Wildman–Crippen MR) is 110 cm³/mol. The van der Waals surface area contributed by atoms with Gasteiger partial charge in [-0.1, -0.05) is 19.8 Å². The quantitative estimate of drug-likeness (QED) is 0.273. The Hall–Kier alpha value is -0.570. The first-order valence-corrected chi connectivity index (χ1v) is 9.45. The molecule has 1 amide bonds. The number of rotatable bonds is 6.